The summed E-state index contributed by atoms with van der Waals surface area (Å²) in [7, 11) is 0. The standard InChI is InChI=1S/C25H23N3O5S/c1-25(17-9-10-18-19(14-17)33-12-11-32-18)23(30)28(24(31)27-25)15-21(29)26-22(20-8-5-13-34-20)16-6-3-2-4-7-16/h2-10,13-14,22H,11-12,15H2,1H3,(H,26,29)(H,27,31)/t22-,25-/m1/s1. The minimum atomic E-state index is -1.32. The van der Waals surface area contributed by atoms with E-state index >= 15 is 0 Å². The van der Waals surface area contributed by atoms with E-state index in [-0.39, 0.29) is 12.6 Å². The Labute approximate surface area is 200 Å². The molecule has 2 aromatic carbocycles. The lowest BCUT2D eigenvalue weighted by atomic mass is 9.91. The highest BCUT2D eigenvalue weighted by molar-refractivity contribution is 7.10. The third-order valence-electron chi connectivity index (χ3n) is 5.96. The number of nitrogens with one attached hydrogen (secondary N) is 2. The SMILES string of the molecule is C[C@]1(c2ccc3c(c2)OCCO3)NC(=O)N(CC(=O)N[C@H](c2ccccc2)c2cccs2)C1=O. The van der Waals surface area contributed by atoms with Crippen LogP contribution in [0.1, 0.15) is 29.0 Å². The number of ether oxygens (including phenoxy) is 2. The molecule has 2 aliphatic rings. The Hall–Kier alpha value is -3.85. The van der Waals surface area contributed by atoms with Gasteiger partial charge in [0.15, 0.2) is 11.5 Å². The maximum absolute atomic E-state index is 13.3. The smallest absolute Gasteiger partial charge is 0.325 e. The van der Waals surface area contributed by atoms with Crippen LogP contribution in [0.15, 0.2) is 66.0 Å². The largest absolute Gasteiger partial charge is 0.486 e. The lowest BCUT2D eigenvalue weighted by Crippen LogP contribution is -2.44. The molecule has 8 nitrogen and oxygen atoms in total. The third kappa shape index (κ3) is 3.99. The van der Waals surface area contributed by atoms with Crippen LogP contribution < -0.4 is 20.1 Å². The number of urea groups is 1. The molecular formula is C25H23N3O5S. The van der Waals surface area contributed by atoms with Crippen LogP contribution in [-0.2, 0) is 15.1 Å². The van der Waals surface area contributed by atoms with Crippen molar-refractivity contribution in [1.82, 2.24) is 15.5 Å². The molecule has 0 saturated carbocycles. The number of benzene rings is 2. The number of rotatable bonds is 6. The van der Waals surface area contributed by atoms with Crippen LogP contribution in [0.25, 0.3) is 0 Å². The highest BCUT2D eigenvalue weighted by Crippen LogP contribution is 2.37. The first kappa shape index (κ1) is 22.0. The van der Waals surface area contributed by atoms with Gasteiger partial charge in [0.05, 0.1) is 6.04 Å². The van der Waals surface area contributed by atoms with Gasteiger partial charge >= 0.3 is 6.03 Å². The summed E-state index contributed by atoms with van der Waals surface area (Å²) in [5.74, 6) is 0.172. The third-order valence-corrected chi connectivity index (χ3v) is 6.90. The van der Waals surface area contributed by atoms with Crippen molar-refractivity contribution in [1.29, 1.82) is 0 Å². The molecule has 0 spiro atoms. The monoisotopic (exact) mass is 477 g/mol. The number of hydrogen-bond donors (Lipinski definition) is 2. The fourth-order valence-corrected chi connectivity index (χ4v) is 4.96. The highest BCUT2D eigenvalue weighted by Gasteiger charge is 2.50. The summed E-state index contributed by atoms with van der Waals surface area (Å²) >= 11 is 1.52. The Balaban J connectivity index is 1.34. The van der Waals surface area contributed by atoms with Crippen LogP contribution in [0.4, 0.5) is 4.79 Å². The summed E-state index contributed by atoms with van der Waals surface area (Å²) in [5.41, 5.74) is 0.148. The Bertz CT molecular complexity index is 1230. The van der Waals surface area contributed by atoms with E-state index in [0.29, 0.717) is 30.3 Å². The first-order valence-corrected chi connectivity index (χ1v) is 11.8. The van der Waals surface area contributed by atoms with Gasteiger partial charge in [-0.2, -0.15) is 0 Å². The van der Waals surface area contributed by atoms with E-state index in [4.69, 9.17) is 9.47 Å². The minimum Gasteiger partial charge on any atom is -0.486 e. The minimum absolute atomic E-state index is 0.376. The number of nitrogens with zero attached hydrogens (tertiary/aromatic N) is 1. The summed E-state index contributed by atoms with van der Waals surface area (Å²) in [6.45, 7) is 2.10. The molecule has 1 saturated heterocycles. The topological polar surface area (TPSA) is 97.0 Å². The van der Waals surface area contributed by atoms with Crippen molar-refractivity contribution >= 4 is 29.2 Å². The molecule has 0 unspecified atom stereocenters. The molecule has 9 heteroatoms. The van der Waals surface area contributed by atoms with Crippen molar-refractivity contribution in [3.8, 4) is 11.5 Å². The Kier molecular flexibility index (Phi) is 5.70. The van der Waals surface area contributed by atoms with Gasteiger partial charge in [-0.1, -0.05) is 42.5 Å². The van der Waals surface area contributed by atoms with E-state index < -0.39 is 23.4 Å². The lowest BCUT2D eigenvalue weighted by Gasteiger charge is -2.25. The van der Waals surface area contributed by atoms with Gasteiger partial charge in [0.2, 0.25) is 5.91 Å². The van der Waals surface area contributed by atoms with Crippen molar-refractivity contribution in [2.45, 2.75) is 18.5 Å². The summed E-state index contributed by atoms with van der Waals surface area (Å²) in [4.78, 5) is 41.0. The predicted molar refractivity (Wildman–Crippen MR) is 126 cm³/mol. The van der Waals surface area contributed by atoms with Crippen LogP contribution in [0.5, 0.6) is 11.5 Å². The van der Waals surface area contributed by atoms with Crippen molar-refractivity contribution in [2.75, 3.05) is 19.8 Å². The second-order valence-electron chi connectivity index (χ2n) is 8.23. The summed E-state index contributed by atoms with van der Waals surface area (Å²) < 4.78 is 11.2. The fourth-order valence-electron chi connectivity index (χ4n) is 4.16. The summed E-state index contributed by atoms with van der Waals surface area (Å²) in [6, 6.07) is 17.6. The molecule has 3 heterocycles. The van der Waals surface area contributed by atoms with Crippen molar-refractivity contribution in [3.63, 3.8) is 0 Å². The molecule has 1 fully saturated rings. The lowest BCUT2D eigenvalue weighted by molar-refractivity contribution is -0.135. The fraction of sp³-hybridized carbons (Fsp3) is 0.240. The molecule has 3 aromatic rings. The molecule has 2 atom stereocenters. The second-order valence-corrected chi connectivity index (χ2v) is 9.21. The Morgan fingerprint density at radius 1 is 1.09 bits per heavy atom. The maximum Gasteiger partial charge on any atom is 0.325 e. The molecule has 34 heavy (non-hydrogen) atoms. The Morgan fingerprint density at radius 2 is 1.85 bits per heavy atom. The average Bonchev–Trinajstić information content (AvgIpc) is 3.46. The maximum atomic E-state index is 13.3. The molecular weight excluding hydrogens is 454 g/mol. The normalized spacial score (nSPS) is 20.1. The van der Waals surface area contributed by atoms with Gasteiger partial charge < -0.3 is 20.1 Å². The van der Waals surface area contributed by atoms with Gasteiger partial charge in [0, 0.05) is 4.88 Å². The van der Waals surface area contributed by atoms with Crippen molar-refractivity contribution < 1.29 is 23.9 Å². The summed E-state index contributed by atoms with van der Waals surface area (Å²) in [6.07, 6.45) is 0. The van der Waals surface area contributed by atoms with E-state index in [2.05, 4.69) is 10.6 Å². The molecule has 1 aromatic heterocycles. The number of carbonyl (C=O) groups excluding carboxylic acids is 3. The van der Waals surface area contributed by atoms with Crippen LogP contribution in [0.2, 0.25) is 0 Å². The van der Waals surface area contributed by atoms with Gasteiger partial charge in [-0.15, -0.1) is 11.3 Å². The highest BCUT2D eigenvalue weighted by atomic mass is 32.1. The van der Waals surface area contributed by atoms with Gasteiger partial charge in [-0.3, -0.25) is 14.5 Å². The van der Waals surface area contributed by atoms with E-state index in [1.54, 1.807) is 25.1 Å². The second kappa shape index (κ2) is 8.83. The predicted octanol–water partition coefficient (Wildman–Crippen LogP) is 3.19. The van der Waals surface area contributed by atoms with E-state index in [9.17, 15) is 14.4 Å². The van der Waals surface area contributed by atoms with Crippen molar-refractivity contribution in [3.05, 3.63) is 82.0 Å². The van der Waals surface area contributed by atoms with E-state index in [1.807, 2.05) is 47.8 Å². The molecule has 0 radical (unpaired) electrons. The zero-order valence-corrected chi connectivity index (χ0v) is 19.3. The molecule has 174 valence electrons. The first-order valence-electron chi connectivity index (χ1n) is 10.9. The average molecular weight is 478 g/mol. The van der Waals surface area contributed by atoms with Gasteiger partial charge in [-0.05, 0) is 41.6 Å². The van der Waals surface area contributed by atoms with E-state index in [1.165, 1.54) is 11.3 Å². The van der Waals surface area contributed by atoms with Crippen LogP contribution in [-0.4, -0.2) is 42.5 Å². The number of amides is 4. The van der Waals surface area contributed by atoms with Gasteiger partial charge in [-0.25, -0.2) is 4.79 Å². The number of thiophene rings is 1. The number of carbonyl (C=O) groups is 3. The first-order chi connectivity index (χ1) is 16.5. The quantitative estimate of drug-likeness (QED) is 0.532. The van der Waals surface area contributed by atoms with E-state index in [0.717, 1.165) is 15.3 Å². The number of imide groups is 1. The van der Waals surface area contributed by atoms with Gasteiger partial charge in [0.1, 0.15) is 25.3 Å². The van der Waals surface area contributed by atoms with Crippen LogP contribution in [0.3, 0.4) is 0 Å². The number of hydrogen-bond acceptors (Lipinski definition) is 6. The molecule has 4 amide bonds. The molecule has 5 rings (SSSR count). The van der Waals surface area contributed by atoms with Crippen molar-refractivity contribution in [2.24, 2.45) is 0 Å². The molecule has 0 bridgehead atoms. The zero-order chi connectivity index (χ0) is 23.7. The zero-order valence-electron chi connectivity index (χ0n) is 18.4. The molecule has 2 aliphatic heterocycles. The molecule has 2 N–H and O–H groups in total. The number of fused-ring (bicyclic) bond motifs is 1. The molecule has 0 aliphatic carbocycles. The van der Waals surface area contributed by atoms with Gasteiger partial charge in [0.25, 0.3) is 5.91 Å². The summed E-state index contributed by atoms with van der Waals surface area (Å²) in [5, 5.41) is 7.65. The van der Waals surface area contributed by atoms with Crippen LogP contribution in [0, 0.1) is 0 Å². The van der Waals surface area contributed by atoms with Crippen LogP contribution >= 0.6 is 11.3 Å². The Morgan fingerprint density at radius 3 is 2.59 bits per heavy atom.